The number of halogens is 2. The molecule has 2 amide bonds. The van der Waals surface area contributed by atoms with E-state index in [9.17, 15) is 18.4 Å². The molecule has 1 aliphatic rings. The van der Waals surface area contributed by atoms with Crippen molar-refractivity contribution in [2.24, 2.45) is 0 Å². The van der Waals surface area contributed by atoms with Crippen LogP contribution in [-0.4, -0.2) is 36.0 Å². The van der Waals surface area contributed by atoms with Gasteiger partial charge in [0, 0.05) is 13.1 Å². The SMILES string of the molecule is O=C(NCc1ccc(F)cc1)[C@@H]1COCC(=O)N1Cc1ccc(F)cc1. The minimum atomic E-state index is -0.776. The van der Waals surface area contributed by atoms with Crippen molar-refractivity contribution in [3.8, 4) is 0 Å². The van der Waals surface area contributed by atoms with Crippen molar-refractivity contribution in [1.29, 1.82) is 0 Å². The number of benzene rings is 2. The Balaban J connectivity index is 1.66. The molecule has 0 saturated carbocycles. The van der Waals surface area contributed by atoms with E-state index in [4.69, 9.17) is 4.74 Å². The molecule has 1 N–H and O–H groups in total. The fourth-order valence-electron chi connectivity index (χ4n) is 2.72. The van der Waals surface area contributed by atoms with Crippen molar-refractivity contribution in [2.45, 2.75) is 19.1 Å². The van der Waals surface area contributed by atoms with Gasteiger partial charge < -0.3 is 15.0 Å². The average Bonchev–Trinajstić information content (AvgIpc) is 2.64. The van der Waals surface area contributed by atoms with Crippen LogP contribution in [0.5, 0.6) is 0 Å². The number of amides is 2. The van der Waals surface area contributed by atoms with Gasteiger partial charge in [-0.05, 0) is 35.4 Å². The molecule has 5 nitrogen and oxygen atoms in total. The molecule has 2 aromatic rings. The highest BCUT2D eigenvalue weighted by atomic mass is 19.1. The van der Waals surface area contributed by atoms with E-state index < -0.39 is 6.04 Å². The zero-order chi connectivity index (χ0) is 18.5. The molecular formula is C19H18F2N2O3. The van der Waals surface area contributed by atoms with Crippen LogP contribution < -0.4 is 5.32 Å². The lowest BCUT2D eigenvalue weighted by molar-refractivity contribution is -0.155. The standard InChI is InChI=1S/C19H18F2N2O3/c20-15-5-1-13(2-6-15)9-22-19(25)17-11-26-12-18(24)23(17)10-14-3-7-16(21)8-4-14/h1-8,17H,9-12H2,(H,22,25)/t17-/m0/s1. The average molecular weight is 360 g/mol. The maximum atomic E-state index is 13.0. The predicted molar refractivity (Wildman–Crippen MR) is 89.8 cm³/mol. The van der Waals surface area contributed by atoms with E-state index in [0.717, 1.165) is 11.1 Å². The summed E-state index contributed by atoms with van der Waals surface area (Å²) in [6, 6.07) is 10.8. The molecular weight excluding hydrogens is 342 g/mol. The Kier molecular flexibility index (Phi) is 5.58. The number of carbonyl (C=O) groups excluding carboxylic acids is 2. The lowest BCUT2D eigenvalue weighted by Gasteiger charge is -2.34. The number of nitrogens with one attached hydrogen (secondary N) is 1. The highest BCUT2D eigenvalue weighted by molar-refractivity contribution is 5.89. The summed E-state index contributed by atoms with van der Waals surface area (Å²) in [4.78, 5) is 26.1. The zero-order valence-corrected chi connectivity index (χ0v) is 14.0. The number of morpholine rings is 1. The van der Waals surface area contributed by atoms with E-state index in [-0.39, 0.29) is 49.8 Å². The fraction of sp³-hybridized carbons (Fsp3) is 0.263. The first kappa shape index (κ1) is 18.0. The van der Waals surface area contributed by atoms with E-state index in [1.165, 1.54) is 29.2 Å². The maximum Gasteiger partial charge on any atom is 0.249 e. The van der Waals surface area contributed by atoms with Crippen LogP contribution >= 0.6 is 0 Å². The molecule has 26 heavy (non-hydrogen) atoms. The molecule has 1 fully saturated rings. The van der Waals surface area contributed by atoms with Gasteiger partial charge in [-0.1, -0.05) is 24.3 Å². The fourth-order valence-corrected chi connectivity index (χ4v) is 2.72. The summed E-state index contributed by atoms with van der Waals surface area (Å²) in [5, 5.41) is 2.74. The van der Waals surface area contributed by atoms with Crippen molar-refractivity contribution in [3.63, 3.8) is 0 Å². The van der Waals surface area contributed by atoms with Crippen LogP contribution in [0.15, 0.2) is 48.5 Å². The van der Waals surface area contributed by atoms with Crippen LogP contribution in [0.4, 0.5) is 8.78 Å². The summed E-state index contributed by atoms with van der Waals surface area (Å²) in [6.07, 6.45) is 0. The van der Waals surface area contributed by atoms with Crippen LogP contribution in [0.3, 0.4) is 0 Å². The lowest BCUT2D eigenvalue weighted by atomic mass is 10.1. The largest absolute Gasteiger partial charge is 0.369 e. The Hall–Kier alpha value is -2.80. The molecule has 1 saturated heterocycles. The van der Waals surface area contributed by atoms with Crippen molar-refractivity contribution in [2.75, 3.05) is 13.2 Å². The molecule has 0 spiro atoms. The molecule has 1 heterocycles. The van der Waals surface area contributed by atoms with Gasteiger partial charge in [0.05, 0.1) is 6.61 Å². The van der Waals surface area contributed by atoms with Gasteiger partial charge in [0.2, 0.25) is 11.8 Å². The van der Waals surface area contributed by atoms with Crippen molar-refractivity contribution in [3.05, 3.63) is 71.3 Å². The van der Waals surface area contributed by atoms with Gasteiger partial charge in [-0.15, -0.1) is 0 Å². The first-order valence-corrected chi connectivity index (χ1v) is 8.17. The van der Waals surface area contributed by atoms with Gasteiger partial charge >= 0.3 is 0 Å². The van der Waals surface area contributed by atoms with E-state index in [2.05, 4.69) is 5.32 Å². The molecule has 1 aliphatic heterocycles. The highest BCUT2D eigenvalue weighted by Gasteiger charge is 2.33. The van der Waals surface area contributed by atoms with Crippen molar-refractivity contribution < 1.29 is 23.1 Å². The second-order valence-electron chi connectivity index (χ2n) is 6.02. The van der Waals surface area contributed by atoms with E-state index >= 15 is 0 Å². The summed E-state index contributed by atoms with van der Waals surface area (Å²) in [6.45, 7) is 0.399. The number of hydrogen-bond donors (Lipinski definition) is 1. The summed E-state index contributed by atoms with van der Waals surface area (Å²) in [5.41, 5.74) is 1.46. The van der Waals surface area contributed by atoms with Crippen LogP contribution in [-0.2, 0) is 27.4 Å². The van der Waals surface area contributed by atoms with Gasteiger partial charge in [0.1, 0.15) is 24.3 Å². The molecule has 0 unspecified atom stereocenters. The van der Waals surface area contributed by atoms with Crippen LogP contribution in [0.1, 0.15) is 11.1 Å². The van der Waals surface area contributed by atoms with Gasteiger partial charge in [0.25, 0.3) is 0 Å². The highest BCUT2D eigenvalue weighted by Crippen LogP contribution is 2.15. The Morgan fingerprint density at radius 3 is 2.23 bits per heavy atom. The van der Waals surface area contributed by atoms with Gasteiger partial charge in [-0.2, -0.15) is 0 Å². The topological polar surface area (TPSA) is 58.6 Å². The smallest absolute Gasteiger partial charge is 0.249 e. The first-order chi connectivity index (χ1) is 12.5. The predicted octanol–water partition coefficient (Wildman–Crippen LogP) is 2.01. The van der Waals surface area contributed by atoms with Crippen LogP contribution in [0, 0.1) is 11.6 Å². The summed E-state index contributed by atoms with van der Waals surface area (Å²) in [7, 11) is 0. The van der Waals surface area contributed by atoms with Crippen molar-refractivity contribution in [1.82, 2.24) is 10.2 Å². The Morgan fingerprint density at radius 2 is 1.62 bits per heavy atom. The number of rotatable bonds is 5. The Labute approximate surface area is 149 Å². The second kappa shape index (κ2) is 8.05. The van der Waals surface area contributed by atoms with E-state index in [1.807, 2.05) is 0 Å². The number of ether oxygens (including phenoxy) is 1. The molecule has 136 valence electrons. The quantitative estimate of drug-likeness (QED) is 0.887. The molecule has 2 aromatic carbocycles. The summed E-state index contributed by atoms with van der Waals surface area (Å²) in [5.74, 6) is -1.38. The lowest BCUT2D eigenvalue weighted by Crippen LogP contribution is -2.55. The number of carbonyl (C=O) groups is 2. The normalized spacial score (nSPS) is 17.2. The molecule has 0 radical (unpaired) electrons. The van der Waals surface area contributed by atoms with Crippen LogP contribution in [0.25, 0.3) is 0 Å². The monoisotopic (exact) mass is 360 g/mol. The summed E-state index contributed by atoms with van der Waals surface area (Å²) < 4.78 is 31.2. The summed E-state index contributed by atoms with van der Waals surface area (Å²) >= 11 is 0. The molecule has 0 aliphatic carbocycles. The first-order valence-electron chi connectivity index (χ1n) is 8.17. The molecule has 3 rings (SSSR count). The van der Waals surface area contributed by atoms with E-state index in [1.54, 1.807) is 24.3 Å². The number of hydrogen-bond acceptors (Lipinski definition) is 3. The maximum absolute atomic E-state index is 13.0. The molecule has 1 atom stereocenters. The molecule has 0 bridgehead atoms. The molecule has 0 aromatic heterocycles. The third-order valence-corrected chi connectivity index (χ3v) is 4.15. The second-order valence-corrected chi connectivity index (χ2v) is 6.02. The van der Waals surface area contributed by atoms with Gasteiger partial charge in [-0.3, -0.25) is 9.59 Å². The molecule has 7 heteroatoms. The van der Waals surface area contributed by atoms with E-state index in [0.29, 0.717) is 0 Å². The van der Waals surface area contributed by atoms with Crippen molar-refractivity contribution >= 4 is 11.8 Å². The minimum Gasteiger partial charge on any atom is -0.369 e. The van der Waals surface area contributed by atoms with Crippen LogP contribution in [0.2, 0.25) is 0 Å². The van der Waals surface area contributed by atoms with Gasteiger partial charge in [0.15, 0.2) is 0 Å². The third-order valence-electron chi connectivity index (χ3n) is 4.15. The number of nitrogens with zero attached hydrogens (tertiary/aromatic N) is 1. The minimum absolute atomic E-state index is 0.0855. The third kappa shape index (κ3) is 4.43. The Bertz CT molecular complexity index is 778. The Morgan fingerprint density at radius 1 is 1.04 bits per heavy atom. The zero-order valence-electron chi connectivity index (χ0n) is 14.0. The van der Waals surface area contributed by atoms with Gasteiger partial charge in [-0.25, -0.2) is 8.78 Å².